The lowest BCUT2D eigenvalue weighted by molar-refractivity contribution is -0.123. The zero-order valence-electron chi connectivity index (χ0n) is 13.1. The van der Waals surface area contributed by atoms with E-state index in [9.17, 15) is 9.59 Å². The summed E-state index contributed by atoms with van der Waals surface area (Å²) in [5, 5.41) is 7.14. The van der Waals surface area contributed by atoms with Crippen LogP contribution in [-0.2, 0) is 16.8 Å². The summed E-state index contributed by atoms with van der Waals surface area (Å²) in [5.74, 6) is 0.950. The average molecular weight is 316 g/mol. The fourth-order valence-electron chi connectivity index (χ4n) is 3.10. The van der Waals surface area contributed by atoms with Gasteiger partial charge in [0.1, 0.15) is 5.54 Å². The fourth-order valence-corrected chi connectivity index (χ4v) is 3.10. The van der Waals surface area contributed by atoms with Crippen molar-refractivity contribution in [2.24, 2.45) is 0 Å². The molecule has 0 bridgehead atoms. The van der Waals surface area contributed by atoms with Crippen LogP contribution >= 0.6 is 0 Å². The van der Waals surface area contributed by atoms with Crippen LogP contribution < -0.4 is 10.9 Å². The number of carbonyl (C=O) groups excluding carboxylic acids is 1. The Morgan fingerprint density at radius 1 is 1.35 bits per heavy atom. The normalized spacial score (nSPS) is 16.9. The minimum absolute atomic E-state index is 0.110. The maximum absolute atomic E-state index is 12.5. The smallest absolute Gasteiger partial charge is 0.247 e. The van der Waals surface area contributed by atoms with Gasteiger partial charge in [-0.1, -0.05) is 30.5 Å². The molecule has 0 aromatic carbocycles. The van der Waals surface area contributed by atoms with E-state index in [4.69, 9.17) is 4.52 Å². The number of H-pyrrole nitrogens is 1. The molecule has 0 unspecified atom stereocenters. The van der Waals surface area contributed by atoms with Gasteiger partial charge in [-0.05, 0) is 18.4 Å². The first kappa shape index (κ1) is 15.5. The molecule has 0 saturated heterocycles. The van der Waals surface area contributed by atoms with E-state index in [1.54, 1.807) is 19.2 Å². The molecule has 0 aliphatic heterocycles. The second-order valence-corrected chi connectivity index (χ2v) is 6.07. The Labute approximate surface area is 133 Å². The largest absolute Gasteiger partial charge is 0.343 e. The molecule has 2 N–H and O–H groups in total. The molecule has 3 rings (SSSR count). The molecule has 1 aliphatic rings. The Morgan fingerprint density at radius 2 is 2.13 bits per heavy atom. The summed E-state index contributed by atoms with van der Waals surface area (Å²) in [4.78, 5) is 30.5. The second-order valence-electron chi connectivity index (χ2n) is 6.07. The Balaban J connectivity index is 1.77. The lowest BCUT2D eigenvalue weighted by Gasteiger charge is -2.35. The van der Waals surface area contributed by atoms with Crippen molar-refractivity contribution in [1.82, 2.24) is 20.4 Å². The van der Waals surface area contributed by atoms with E-state index in [2.05, 4.69) is 20.4 Å². The predicted octanol–water partition coefficient (Wildman–Crippen LogP) is 1.58. The average Bonchev–Trinajstić information content (AvgIpc) is 2.98. The molecule has 7 nitrogen and oxygen atoms in total. The highest BCUT2D eigenvalue weighted by Gasteiger charge is 2.39. The molecule has 0 radical (unpaired) electrons. The van der Waals surface area contributed by atoms with Crippen LogP contribution in [0.5, 0.6) is 0 Å². The molecule has 1 fully saturated rings. The van der Waals surface area contributed by atoms with Crippen LogP contribution in [-0.4, -0.2) is 21.0 Å². The summed E-state index contributed by atoms with van der Waals surface area (Å²) in [6.45, 7) is 1.75. The van der Waals surface area contributed by atoms with Crippen LogP contribution in [0.15, 0.2) is 27.6 Å². The molecule has 122 valence electrons. The Bertz CT molecular complexity index is 723. The second kappa shape index (κ2) is 6.36. The number of carbonyl (C=O) groups is 1. The quantitative estimate of drug-likeness (QED) is 0.892. The summed E-state index contributed by atoms with van der Waals surface area (Å²) in [7, 11) is 0. The van der Waals surface area contributed by atoms with Crippen molar-refractivity contribution in [3.8, 4) is 0 Å². The van der Waals surface area contributed by atoms with Crippen molar-refractivity contribution < 1.29 is 9.32 Å². The highest BCUT2D eigenvalue weighted by Crippen LogP contribution is 2.35. The van der Waals surface area contributed by atoms with Gasteiger partial charge in [-0.3, -0.25) is 9.59 Å². The first-order valence-corrected chi connectivity index (χ1v) is 7.87. The summed E-state index contributed by atoms with van der Waals surface area (Å²) >= 11 is 0. The van der Waals surface area contributed by atoms with Gasteiger partial charge in [0.05, 0.1) is 6.42 Å². The monoisotopic (exact) mass is 316 g/mol. The molecule has 1 aliphatic carbocycles. The van der Waals surface area contributed by atoms with Gasteiger partial charge < -0.3 is 14.8 Å². The molecule has 0 atom stereocenters. The fraction of sp³-hybridized carbons (Fsp3) is 0.500. The van der Waals surface area contributed by atoms with Crippen molar-refractivity contribution in [1.29, 1.82) is 0 Å². The number of hydrogen-bond acceptors (Lipinski definition) is 5. The van der Waals surface area contributed by atoms with E-state index in [1.165, 1.54) is 6.07 Å². The van der Waals surface area contributed by atoms with E-state index in [-0.39, 0.29) is 17.9 Å². The SMILES string of the molecule is Cc1nc(C2(NC(=O)Cc3ccc(=O)[nH]c3)CCCCC2)no1. The van der Waals surface area contributed by atoms with Crippen molar-refractivity contribution in [2.45, 2.75) is 51.0 Å². The number of aromatic nitrogens is 3. The van der Waals surface area contributed by atoms with Gasteiger partial charge >= 0.3 is 0 Å². The summed E-state index contributed by atoms with van der Waals surface area (Å²) < 4.78 is 5.10. The van der Waals surface area contributed by atoms with E-state index < -0.39 is 5.54 Å². The minimum Gasteiger partial charge on any atom is -0.343 e. The van der Waals surface area contributed by atoms with Gasteiger partial charge in [-0.2, -0.15) is 4.98 Å². The van der Waals surface area contributed by atoms with E-state index in [1.807, 2.05) is 0 Å². The summed E-state index contributed by atoms with van der Waals surface area (Å²) in [6.07, 6.45) is 6.57. The zero-order chi connectivity index (χ0) is 16.3. The van der Waals surface area contributed by atoms with Crippen LogP contribution in [0.3, 0.4) is 0 Å². The van der Waals surface area contributed by atoms with Crippen molar-refractivity contribution in [3.05, 3.63) is 46.0 Å². The van der Waals surface area contributed by atoms with Crippen LogP contribution in [0.1, 0.15) is 49.4 Å². The van der Waals surface area contributed by atoms with Crippen LogP contribution in [0, 0.1) is 6.92 Å². The number of aryl methyl sites for hydroxylation is 1. The highest BCUT2D eigenvalue weighted by molar-refractivity contribution is 5.79. The molecule has 2 aromatic rings. The van der Waals surface area contributed by atoms with Crippen LogP contribution in [0.4, 0.5) is 0 Å². The Kier molecular flexibility index (Phi) is 4.27. The van der Waals surface area contributed by atoms with Gasteiger partial charge in [-0.25, -0.2) is 0 Å². The van der Waals surface area contributed by atoms with Crippen LogP contribution in [0.25, 0.3) is 0 Å². The predicted molar refractivity (Wildman–Crippen MR) is 82.7 cm³/mol. The van der Waals surface area contributed by atoms with E-state index >= 15 is 0 Å². The summed E-state index contributed by atoms with van der Waals surface area (Å²) in [6, 6.07) is 3.08. The number of aromatic amines is 1. The molecule has 2 aromatic heterocycles. The van der Waals surface area contributed by atoms with Gasteiger partial charge in [0.25, 0.3) is 0 Å². The molecule has 1 amide bonds. The number of nitrogens with zero attached hydrogens (tertiary/aromatic N) is 2. The lowest BCUT2D eigenvalue weighted by Crippen LogP contribution is -2.48. The van der Waals surface area contributed by atoms with Crippen molar-refractivity contribution >= 4 is 5.91 Å². The maximum Gasteiger partial charge on any atom is 0.247 e. The van der Waals surface area contributed by atoms with Gasteiger partial charge in [0, 0.05) is 19.2 Å². The number of pyridine rings is 1. The Morgan fingerprint density at radius 3 is 2.74 bits per heavy atom. The number of rotatable bonds is 4. The first-order chi connectivity index (χ1) is 11.1. The number of nitrogens with one attached hydrogen (secondary N) is 2. The minimum atomic E-state index is -0.546. The van der Waals surface area contributed by atoms with Crippen molar-refractivity contribution in [3.63, 3.8) is 0 Å². The van der Waals surface area contributed by atoms with Crippen molar-refractivity contribution in [2.75, 3.05) is 0 Å². The first-order valence-electron chi connectivity index (χ1n) is 7.87. The van der Waals surface area contributed by atoms with Gasteiger partial charge in [0.2, 0.25) is 17.4 Å². The lowest BCUT2D eigenvalue weighted by atomic mass is 9.80. The summed E-state index contributed by atoms with van der Waals surface area (Å²) in [5.41, 5.74) is 0.0347. The molecule has 2 heterocycles. The molecule has 7 heteroatoms. The highest BCUT2D eigenvalue weighted by atomic mass is 16.5. The van der Waals surface area contributed by atoms with E-state index in [0.717, 1.165) is 37.7 Å². The Hall–Kier alpha value is -2.44. The molecular formula is C16H20N4O3. The standard InChI is InChI=1S/C16H20N4O3/c1-11-18-15(20-23-11)16(7-3-2-4-8-16)19-14(22)9-12-5-6-13(21)17-10-12/h5-6,10H,2-4,7-9H2,1H3,(H,17,21)(H,19,22). The molecule has 0 spiro atoms. The third-order valence-corrected chi connectivity index (χ3v) is 4.25. The number of amides is 1. The topological polar surface area (TPSA) is 101 Å². The zero-order valence-corrected chi connectivity index (χ0v) is 13.1. The molecular weight excluding hydrogens is 296 g/mol. The number of hydrogen-bond donors (Lipinski definition) is 2. The molecule has 23 heavy (non-hydrogen) atoms. The van der Waals surface area contributed by atoms with Crippen LogP contribution in [0.2, 0.25) is 0 Å². The maximum atomic E-state index is 12.5. The third kappa shape index (κ3) is 3.49. The van der Waals surface area contributed by atoms with Gasteiger partial charge in [-0.15, -0.1) is 0 Å². The molecule has 1 saturated carbocycles. The van der Waals surface area contributed by atoms with E-state index in [0.29, 0.717) is 11.7 Å². The van der Waals surface area contributed by atoms with Gasteiger partial charge in [0.15, 0.2) is 5.82 Å². The third-order valence-electron chi connectivity index (χ3n) is 4.25.